The molecule has 1 saturated carbocycles. The van der Waals surface area contributed by atoms with Gasteiger partial charge in [-0.15, -0.1) is 0 Å². The van der Waals surface area contributed by atoms with Crippen molar-refractivity contribution in [2.45, 2.75) is 37.6 Å². The maximum atomic E-state index is 12.7. The van der Waals surface area contributed by atoms with Gasteiger partial charge in [0, 0.05) is 7.11 Å². The Balaban J connectivity index is 2.02. The summed E-state index contributed by atoms with van der Waals surface area (Å²) in [4.78, 5) is 4.05. The molecule has 1 heterocycles. The number of nitrogens with two attached hydrogens (primary N) is 1. The molecule has 1 aliphatic carbocycles. The van der Waals surface area contributed by atoms with Gasteiger partial charge in [0.05, 0.1) is 28.7 Å². The lowest BCUT2D eigenvalue weighted by molar-refractivity contribution is -0.137. The predicted molar refractivity (Wildman–Crippen MR) is 72.7 cm³/mol. The summed E-state index contributed by atoms with van der Waals surface area (Å²) in [6.45, 7) is 0.511. The van der Waals surface area contributed by atoms with Gasteiger partial charge in [0.2, 0.25) is 5.95 Å². The van der Waals surface area contributed by atoms with Crippen LogP contribution >= 0.6 is 0 Å². The van der Waals surface area contributed by atoms with E-state index in [4.69, 9.17) is 10.5 Å². The van der Waals surface area contributed by atoms with Crippen LogP contribution in [0.2, 0.25) is 0 Å². The molecule has 4 nitrogen and oxygen atoms in total. The Kier molecular flexibility index (Phi) is 3.12. The monoisotopic (exact) mass is 299 g/mol. The van der Waals surface area contributed by atoms with Gasteiger partial charge in [-0.05, 0) is 37.5 Å². The molecule has 2 N–H and O–H groups in total. The highest BCUT2D eigenvalue weighted by Crippen LogP contribution is 2.38. The zero-order valence-corrected chi connectivity index (χ0v) is 11.6. The van der Waals surface area contributed by atoms with Gasteiger partial charge < -0.3 is 15.0 Å². The summed E-state index contributed by atoms with van der Waals surface area (Å²) in [5, 5.41) is 0. The molecule has 0 amide bonds. The number of halogens is 3. The van der Waals surface area contributed by atoms with E-state index in [-0.39, 0.29) is 17.1 Å². The number of hydrogen-bond acceptors (Lipinski definition) is 3. The topological polar surface area (TPSA) is 53.1 Å². The van der Waals surface area contributed by atoms with Crippen LogP contribution in [0.25, 0.3) is 11.0 Å². The number of fused-ring (bicyclic) bond motifs is 1. The van der Waals surface area contributed by atoms with Crippen LogP contribution in [0.5, 0.6) is 0 Å². The second kappa shape index (κ2) is 4.62. The van der Waals surface area contributed by atoms with Crippen molar-refractivity contribution in [3.05, 3.63) is 23.8 Å². The predicted octanol–water partition coefficient (Wildman–Crippen LogP) is 3.21. The van der Waals surface area contributed by atoms with Gasteiger partial charge in [-0.3, -0.25) is 0 Å². The summed E-state index contributed by atoms with van der Waals surface area (Å²) in [7, 11) is 1.65. The van der Waals surface area contributed by atoms with Crippen LogP contribution in [0.4, 0.5) is 19.1 Å². The molecule has 1 aliphatic rings. The van der Waals surface area contributed by atoms with Gasteiger partial charge >= 0.3 is 6.18 Å². The Labute approximate surface area is 119 Å². The number of anilines is 1. The molecular formula is C14H16F3N3O. The van der Waals surface area contributed by atoms with Crippen LogP contribution in [0.15, 0.2) is 18.2 Å². The molecule has 1 aromatic carbocycles. The maximum Gasteiger partial charge on any atom is 0.416 e. The molecule has 114 valence electrons. The fraction of sp³-hybridized carbons (Fsp3) is 0.500. The Hall–Kier alpha value is -1.76. The minimum Gasteiger partial charge on any atom is -0.376 e. The first-order chi connectivity index (χ1) is 9.85. The number of benzene rings is 1. The standard InChI is InChI=1S/C14H16F3N3O/c1-21-13(5-2-6-13)8-20-11-4-3-9(14(15,16)17)7-10(11)19-12(20)18/h3-4,7H,2,5-6,8H2,1H3,(H2,18,19). The third kappa shape index (κ3) is 2.35. The Morgan fingerprint density at radius 3 is 2.62 bits per heavy atom. The van der Waals surface area contributed by atoms with Crippen molar-refractivity contribution in [2.24, 2.45) is 0 Å². The quantitative estimate of drug-likeness (QED) is 0.947. The van der Waals surface area contributed by atoms with Crippen LogP contribution in [0.1, 0.15) is 24.8 Å². The smallest absolute Gasteiger partial charge is 0.376 e. The number of nitrogen functional groups attached to an aromatic ring is 1. The van der Waals surface area contributed by atoms with E-state index in [0.29, 0.717) is 12.1 Å². The summed E-state index contributed by atoms with van der Waals surface area (Å²) in [6.07, 6.45) is -1.46. The average Bonchev–Trinajstić information content (AvgIpc) is 2.67. The van der Waals surface area contributed by atoms with Crippen LogP contribution < -0.4 is 5.73 Å². The first kappa shape index (κ1) is 14.2. The van der Waals surface area contributed by atoms with E-state index in [2.05, 4.69) is 4.98 Å². The van der Waals surface area contributed by atoms with Crippen molar-refractivity contribution in [1.29, 1.82) is 0 Å². The van der Waals surface area contributed by atoms with E-state index in [1.54, 1.807) is 11.7 Å². The lowest BCUT2D eigenvalue weighted by Crippen LogP contribution is -2.43. The van der Waals surface area contributed by atoms with Crippen molar-refractivity contribution in [1.82, 2.24) is 9.55 Å². The molecule has 0 saturated heterocycles. The minimum atomic E-state index is -4.38. The van der Waals surface area contributed by atoms with Crippen LogP contribution in [0, 0.1) is 0 Å². The molecule has 1 fully saturated rings. The fourth-order valence-electron chi connectivity index (χ4n) is 2.78. The van der Waals surface area contributed by atoms with E-state index in [1.807, 2.05) is 0 Å². The molecule has 2 aromatic rings. The Bertz CT molecular complexity index is 668. The number of nitrogens with zero attached hydrogens (tertiary/aromatic N) is 2. The zero-order valence-electron chi connectivity index (χ0n) is 11.6. The Morgan fingerprint density at radius 1 is 1.38 bits per heavy atom. The van der Waals surface area contributed by atoms with Gasteiger partial charge in [-0.2, -0.15) is 13.2 Å². The van der Waals surface area contributed by atoms with E-state index in [0.717, 1.165) is 31.4 Å². The number of aromatic nitrogens is 2. The van der Waals surface area contributed by atoms with Gasteiger partial charge in [0.1, 0.15) is 0 Å². The SMILES string of the molecule is COC1(Cn2c(N)nc3cc(C(F)(F)F)ccc32)CCC1. The third-order valence-electron chi connectivity index (χ3n) is 4.25. The maximum absolute atomic E-state index is 12.7. The van der Waals surface area contributed by atoms with Crippen molar-refractivity contribution < 1.29 is 17.9 Å². The molecule has 3 rings (SSSR count). The molecule has 0 radical (unpaired) electrons. The van der Waals surface area contributed by atoms with E-state index >= 15 is 0 Å². The second-order valence-corrected chi connectivity index (χ2v) is 5.50. The minimum absolute atomic E-state index is 0.215. The number of hydrogen-bond donors (Lipinski definition) is 1. The van der Waals surface area contributed by atoms with Crippen molar-refractivity contribution in [2.75, 3.05) is 12.8 Å². The van der Waals surface area contributed by atoms with Gasteiger partial charge in [-0.1, -0.05) is 0 Å². The van der Waals surface area contributed by atoms with Crippen LogP contribution in [-0.4, -0.2) is 22.3 Å². The summed E-state index contributed by atoms with van der Waals surface area (Å²) in [5.74, 6) is 0.215. The summed E-state index contributed by atoms with van der Waals surface area (Å²) >= 11 is 0. The van der Waals surface area contributed by atoms with Crippen LogP contribution in [0.3, 0.4) is 0 Å². The molecule has 7 heteroatoms. The molecule has 0 spiro atoms. The highest BCUT2D eigenvalue weighted by atomic mass is 19.4. The molecule has 0 atom stereocenters. The highest BCUT2D eigenvalue weighted by molar-refractivity contribution is 5.79. The highest BCUT2D eigenvalue weighted by Gasteiger charge is 2.38. The lowest BCUT2D eigenvalue weighted by atomic mass is 9.80. The molecular weight excluding hydrogens is 283 g/mol. The van der Waals surface area contributed by atoms with E-state index in [1.165, 1.54) is 6.07 Å². The van der Waals surface area contributed by atoms with Gasteiger partial charge in [0.15, 0.2) is 0 Å². The average molecular weight is 299 g/mol. The number of methoxy groups -OCH3 is 1. The number of rotatable bonds is 3. The van der Waals surface area contributed by atoms with Gasteiger partial charge in [-0.25, -0.2) is 4.98 Å². The number of ether oxygens (including phenoxy) is 1. The van der Waals surface area contributed by atoms with E-state index < -0.39 is 11.7 Å². The largest absolute Gasteiger partial charge is 0.416 e. The zero-order chi connectivity index (χ0) is 15.3. The third-order valence-corrected chi connectivity index (χ3v) is 4.25. The van der Waals surface area contributed by atoms with Crippen LogP contribution in [-0.2, 0) is 17.5 Å². The number of alkyl halides is 3. The van der Waals surface area contributed by atoms with Crippen molar-refractivity contribution in [3.63, 3.8) is 0 Å². The van der Waals surface area contributed by atoms with Crippen molar-refractivity contribution >= 4 is 17.0 Å². The normalized spacial score (nSPS) is 17.9. The second-order valence-electron chi connectivity index (χ2n) is 5.50. The van der Waals surface area contributed by atoms with Crippen molar-refractivity contribution in [3.8, 4) is 0 Å². The first-order valence-electron chi connectivity index (χ1n) is 6.73. The molecule has 0 bridgehead atoms. The van der Waals surface area contributed by atoms with Gasteiger partial charge in [0.25, 0.3) is 0 Å². The number of imidazole rings is 1. The lowest BCUT2D eigenvalue weighted by Gasteiger charge is -2.40. The summed E-state index contributed by atoms with van der Waals surface area (Å²) < 4.78 is 45.5. The molecule has 21 heavy (non-hydrogen) atoms. The summed E-state index contributed by atoms with van der Waals surface area (Å²) in [5.41, 5.74) is 5.74. The molecule has 1 aromatic heterocycles. The molecule has 0 aliphatic heterocycles. The molecule has 0 unspecified atom stereocenters. The first-order valence-corrected chi connectivity index (χ1v) is 6.73. The fourth-order valence-corrected chi connectivity index (χ4v) is 2.78. The summed E-state index contributed by atoms with van der Waals surface area (Å²) in [6, 6.07) is 3.51. The Morgan fingerprint density at radius 2 is 2.10 bits per heavy atom. The van der Waals surface area contributed by atoms with E-state index in [9.17, 15) is 13.2 Å².